The molecule has 0 spiro atoms. The first-order valence-corrected chi connectivity index (χ1v) is 4.60. The third-order valence-corrected chi connectivity index (χ3v) is 2.22. The summed E-state index contributed by atoms with van der Waals surface area (Å²) >= 11 is 0. The topological polar surface area (TPSA) is 119 Å². The number of hydrogen-bond donors (Lipinski definition) is 5. The van der Waals surface area contributed by atoms with Crippen LogP contribution in [0.15, 0.2) is 0 Å². The fourth-order valence-corrected chi connectivity index (χ4v) is 1.37. The molecule has 1 amide bonds. The molecule has 1 aliphatic heterocycles. The van der Waals surface area contributed by atoms with Crippen molar-refractivity contribution in [3.63, 3.8) is 0 Å². The van der Waals surface area contributed by atoms with Gasteiger partial charge in [0.05, 0.1) is 18.8 Å². The van der Waals surface area contributed by atoms with Crippen molar-refractivity contribution in [3.05, 3.63) is 0 Å². The van der Waals surface area contributed by atoms with Crippen molar-refractivity contribution in [2.45, 2.75) is 24.6 Å². The Balaban J connectivity index is 0.00000225. The van der Waals surface area contributed by atoms with Gasteiger partial charge in [-0.15, -0.1) is 12.4 Å². The zero-order valence-electron chi connectivity index (χ0n) is 8.42. The molecule has 1 rings (SSSR count). The molecule has 1 aliphatic rings. The first-order valence-electron chi connectivity index (χ1n) is 4.60. The van der Waals surface area contributed by atoms with Crippen molar-refractivity contribution < 1.29 is 24.9 Å². The lowest BCUT2D eigenvalue weighted by Crippen LogP contribution is -2.49. The molecule has 1 fully saturated rings. The molecule has 0 saturated carbocycles. The predicted molar refractivity (Wildman–Crippen MR) is 56.3 cm³/mol. The maximum Gasteiger partial charge on any atom is 0.328 e. The van der Waals surface area contributed by atoms with E-state index in [4.69, 9.17) is 15.3 Å². The number of carbonyl (C=O) groups excluding carboxylic acids is 1. The molecule has 1 saturated heterocycles. The van der Waals surface area contributed by atoms with Crippen LogP contribution in [-0.2, 0) is 9.59 Å². The average Bonchev–Trinajstić information content (AvgIpc) is 2.60. The van der Waals surface area contributed by atoms with Crippen LogP contribution >= 0.6 is 12.4 Å². The first kappa shape index (κ1) is 15.1. The summed E-state index contributed by atoms with van der Waals surface area (Å²) < 4.78 is 0. The number of carboxylic acid groups (broad SMARTS) is 1. The summed E-state index contributed by atoms with van der Waals surface area (Å²) in [6.07, 6.45) is -0.331. The zero-order valence-corrected chi connectivity index (χ0v) is 9.24. The van der Waals surface area contributed by atoms with Gasteiger partial charge in [0.15, 0.2) is 0 Å². The molecule has 94 valence electrons. The van der Waals surface area contributed by atoms with Gasteiger partial charge in [-0.3, -0.25) is 4.79 Å². The minimum Gasteiger partial charge on any atom is -0.480 e. The number of aliphatic hydroxyl groups is 2. The summed E-state index contributed by atoms with van der Waals surface area (Å²) in [5, 5.41) is 31.3. The molecule has 16 heavy (non-hydrogen) atoms. The molecular formula is C8H15ClN2O5. The van der Waals surface area contributed by atoms with Gasteiger partial charge in [-0.2, -0.15) is 0 Å². The molecule has 3 atom stereocenters. The van der Waals surface area contributed by atoms with Gasteiger partial charge < -0.3 is 26.0 Å². The van der Waals surface area contributed by atoms with E-state index >= 15 is 0 Å². The molecule has 0 aliphatic carbocycles. The molecule has 8 heteroatoms. The lowest BCUT2D eigenvalue weighted by molar-refractivity contribution is -0.143. The van der Waals surface area contributed by atoms with Crippen molar-refractivity contribution in [3.8, 4) is 0 Å². The van der Waals surface area contributed by atoms with Gasteiger partial charge in [0, 0.05) is 6.54 Å². The van der Waals surface area contributed by atoms with Crippen molar-refractivity contribution in [1.82, 2.24) is 10.6 Å². The van der Waals surface area contributed by atoms with E-state index in [9.17, 15) is 9.59 Å². The molecule has 0 aromatic carbocycles. The lowest BCUT2D eigenvalue weighted by atomic mass is 10.2. The van der Waals surface area contributed by atoms with Gasteiger partial charge in [-0.1, -0.05) is 0 Å². The highest BCUT2D eigenvalue weighted by Crippen LogP contribution is 2.06. The molecule has 0 aromatic heterocycles. The minimum absolute atomic E-state index is 0. The van der Waals surface area contributed by atoms with Gasteiger partial charge in [-0.05, 0) is 6.42 Å². The molecule has 0 aromatic rings. The first-order chi connectivity index (χ1) is 7.04. The Morgan fingerprint density at radius 2 is 2.12 bits per heavy atom. The van der Waals surface area contributed by atoms with Crippen molar-refractivity contribution >= 4 is 24.3 Å². The van der Waals surface area contributed by atoms with E-state index in [1.165, 1.54) is 0 Å². The second-order valence-electron chi connectivity index (χ2n) is 3.43. The molecule has 0 radical (unpaired) electrons. The number of hydrogen-bond acceptors (Lipinski definition) is 5. The number of carbonyl (C=O) groups is 2. The van der Waals surface area contributed by atoms with Crippen LogP contribution in [0.5, 0.6) is 0 Å². The highest BCUT2D eigenvalue weighted by Gasteiger charge is 2.30. The number of rotatable bonds is 4. The summed E-state index contributed by atoms with van der Waals surface area (Å²) in [4.78, 5) is 21.9. The lowest BCUT2D eigenvalue weighted by Gasteiger charge is -2.15. The SMILES string of the molecule is Cl.O=C(O)C(CO)NC(=O)C1CC(O)CN1. The highest BCUT2D eigenvalue weighted by atomic mass is 35.5. The Hall–Kier alpha value is -0.890. The third-order valence-electron chi connectivity index (χ3n) is 2.22. The quantitative estimate of drug-likeness (QED) is 0.385. The van der Waals surface area contributed by atoms with E-state index in [2.05, 4.69) is 10.6 Å². The number of carboxylic acids is 1. The summed E-state index contributed by atoms with van der Waals surface area (Å²) in [5.41, 5.74) is 0. The van der Waals surface area contributed by atoms with E-state index in [1.807, 2.05) is 0 Å². The molecule has 5 N–H and O–H groups in total. The van der Waals surface area contributed by atoms with Crippen LogP contribution < -0.4 is 10.6 Å². The normalized spacial score (nSPS) is 25.6. The van der Waals surface area contributed by atoms with Gasteiger partial charge in [-0.25, -0.2) is 4.79 Å². The second-order valence-corrected chi connectivity index (χ2v) is 3.43. The van der Waals surface area contributed by atoms with Crippen LogP contribution in [0.2, 0.25) is 0 Å². The molecule has 1 heterocycles. The maximum atomic E-state index is 11.4. The van der Waals surface area contributed by atoms with Gasteiger partial charge in [0.1, 0.15) is 6.04 Å². The molecule has 3 unspecified atom stereocenters. The van der Waals surface area contributed by atoms with Crippen LogP contribution in [0.25, 0.3) is 0 Å². The number of aliphatic hydroxyl groups excluding tert-OH is 2. The smallest absolute Gasteiger partial charge is 0.328 e. The van der Waals surface area contributed by atoms with E-state index in [0.717, 1.165) is 0 Å². The van der Waals surface area contributed by atoms with E-state index < -0.39 is 36.7 Å². The van der Waals surface area contributed by atoms with Gasteiger partial charge >= 0.3 is 5.97 Å². The zero-order chi connectivity index (χ0) is 11.4. The van der Waals surface area contributed by atoms with Crippen LogP contribution in [0.1, 0.15) is 6.42 Å². The van der Waals surface area contributed by atoms with Crippen molar-refractivity contribution in [2.24, 2.45) is 0 Å². The minimum atomic E-state index is -1.29. The van der Waals surface area contributed by atoms with Crippen LogP contribution in [0.3, 0.4) is 0 Å². The third kappa shape index (κ3) is 3.93. The van der Waals surface area contributed by atoms with E-state index in [0.29, 0.717) is 6.54 Å². The van der Waals surface area contributed by atoms with Crippen molar-refractivity contribution in [2.75, 3.05) is 13.2 Å². The molecule has 7 nitrogen and oxygen atoms in total. The second kappa shape index (κ2) is 6.64. The Morgan fingerprint density at radius 3 is 2.50 bits per heavy atom. The monoisotopic (exact) mass is 254 g/mol. The Kier molecular flexibility index (Phi) is 6.27. The summed E-state index contributed by atoms with van der Waals surface area (Å²) in [5.74, 6) is -1.81. The fourth-order valence-electron chi connectivity index (χ4n) is 1.37. The predicted octanol–water partition coefficient (Wildman–Crippen LogP) is -2.31. The van der Waals surface area contributed by atoms with E-state index in [1.54, 1.807) is 0 Å². The standard InChI is InChI=1S/C8H14N2O5.ClH/c11-3-6(8(14)15)10-7(13)5-1-4(12)2-9-5;/h4-6,9,11-12H,1-3H2,(H,10,13)(H,14,15);1H. The number of amides is 1. The largest absolute Gasteiger partial charge is 0.480 e. The van der Waals surface area contributed by atoms with Crippen LogP contribution in [-0.4, -0.2) is 58.5 Å². The summed E-state index contributed by atoms with van der Waals surface area (Å²) in [6.45, 7) is -0.342. The average molecular weight is 255 g/mol. The summed E-state index contributed by atoms with van der Waals surface area (Å²) in [6, 6.07) is -1.88. The summed E-state index contributed by atoms with van der Waals surface area (Å²) in [7, 11) is 0. The van der Waals surface area contributed by atoms with Gasteiger partial charge in [0.25, 0.3) is 0 Å². The number of halogens is 1. The fraction of sp³-hybridized carbons (Fsp3) is 0.750. The van der Waals surface area contributed by atoms with Gasteiger partial charge in [0.2, 0.25) is 5.91 Å². The Labute approximate surface area is 98.2 Å². The number of nitrogens with one attached hydrogen (secondary N) is 2. The van der Waals surface area contributed by atoms with E-state index in [-0.39, 0.29) is 18.8 Å². The molecule has 0 bridgehead atoms. The Bertz CT molecular complexity index is 263. The van der Waals surface area contributed by atoms with Crippen molar-refractivity contribution in [1.29, 1.82) is 0 Å². The maximum absolute atomic E-state index is 11.4. The van der Waals surface area contributed by atoms with Crippen LogP contribution in [0, 0.1) is 0 Å². The molecular weight excluding hydrogens is 240 g/mol. The Morgan fingerprint density at radius 1 is 1.50 bits per heavy atom. The highest BCUT2D eigenvalue weighted by molar-refractivity contribution is 5.87. The number of aliphatic carboxylic acids is 1. The number of β-amino-alcohol motifs (C(OH)–C–C–N with tert-alkyl or cyclic N) is 1. The van der Waals surface area contributed by atoms with Crippen LogP contribution in [0.4, 0.5) is 0 Å².